The van der Waals surface area contributed by atoms with Gasteiger partial charge in [0.2, 0.25) is 0 Å². The zero-order valence-electron chi connectivity index (χ0n) is 11.5. The SMILES string of the molecule is COc1cc(N)c(OCC2CCOCC2)cc1OC. The predicted octanol–water partition coefficient (Wildman–Crippen LogP) is 2.09. The van der Waals surface area contributed by atoms with E-state index in [1.54, 1.807) is 26.4 Å². The van der Waals surface area contributed by atoms with Gasteiger partial charge in [0.05, 0.1) is 26.5 Å². The van der Waals surface area contributed by atoms with Crippen LogP contribution in [0, 0.1) is 5.92 Å². The van der Waals surface area contributed by atoms with Crippen molar-refractivity contribution in [2.45, 2.75) is 12.8 Å². The number of nitrogens with two attached hydrogens (primary N) is 1. The summed E-state index contributed by atoms with van der Waals surface area (Å²) in [7, 11) is 3.18. The normalized spacial score (nSPS) is 16.1. The summed E-state index contributed by atoms with van der Waals surface area (Å²) in [4.78, 5) is 0. The molecule has 19 heavy (non-hydrogen) atoms. The van der Waals surface area contributed by atoms with Crippen molar-refractivity contribution in [1.82, 2.24) is 0 Å². The average Bonchev–Trinajstić information content (AvgIpc) is 2.46. The Labute approximate surface area is 113 Å². The van der Waals surface area contributed by atoms with Crippen LogP contribution in [0.2, 0.25) is 0 Å². The number of nitrogen functional groups attached to an aromatic ring is 1. The lowest BCUT2D eigenvalue weighted by molar-refractivity contribution is 0.0498. The van der Waals surface area contributed by atoms with E-state index in [-0.39, 0.29) is 0 Å². The van der Waals surface area contributed by atoms with Gasteiger partial charge in [-0.3, -0.25) is 0 Å². The fraction of sp³-hybridized carbons (Fsp3) is 0.571. The lowest BCUT2D eigenvalue weighted by Crippen LogP contribution is -2.21. The number of hydrogen-bond donors (Lipinski definition) is 1. The summed E-state index contributed by atoms with van der Waals surface area (Å²) in [6.07, 6.45) is 2.07. The Hall–Kier alpha value is -1.62. The van der Waals surface area contributed by atoms with Crippen LogP contribution in [0.4, 0.5) is 5.69 Å². The molecular weight excluding hydrogens is 246 g/mol. The first-order valence-corrected chi connectivity index (χ1v) is 6.46. The highest BCUT2D eigenvalue weighted by Gasteiger charge is 2.16. The molecule has 1 aliphatic heterocycles. The third-order valence-electron chi connectivity index (χ3n) is 3.33. The first kappa shape index (κ1) is 13.8. The summed E-state index contributed by atoms with van der Waals surface area (Å²) < 4.78 is 21.6. The molecule has 5 heteroatoms. The molecule has 1 aromatic carbocycles. The van der Waals surface area contributed by atoms with Crippen LogP contribution in [0.1, 0.15) is 12.8 Å². The first-order chi connectivity index (χ1) is 9.24. The van der Waals surface area contributed by atoms with Crippen molar-refractivity contribution in [3.63, 3.8) is 0 Å². The van der Waals surface area contributed by atoms with E-state index in [1.807, 2.05) is 0 Å². The molecular formula is C14H21NO4. The molecule has 0 aromatic heterocycles. The topological polar surface area (TPSA) is 62.9 Å². The fourth-order valence-corrected chi connectivity index (χ4v) is 2.12. The van der Waals surface area contributed by atoms with Gasteiger partial charge in [-0.1, -0.05) is 0 Å². The molecule has 0 unspecified atom stereocenters. The maximum absolute atomic E-state index is 5.95. The van der Waals surface area contributed by atoms with Crippen LogP contribution < -0.4 is 19.9 Å². The van der Waals surface area contributed by atoms with Gasteiger partial charge in [0.15, 0.2) is 11.5 Å². The van der Waals surface area contributed by atoms with Crippen molar-refractivity contribution >= 4 is 5.69 Å². The minimum Gasteiger partial charge on any atom is -0.493 e. The predicted molar refractivity (Wildman–Crippen MR) is 73.0 cm³/mol. The van der Waals surface area contributed by atoms with Crippen molar-refractivity contribution in [1.29, 1.82) is 0 Å². The molecule has 0 bridgehead atoms. The third kappa shape index (κ3) is 3.44. The zero-order chi connectivity index (χ0) is 13.7. The van der Waals surface area contributed by atoms with E-state index in [1.165, 1.54) is 0 Å². The van der Waals surface area contributed by atoms with Crippen molar-refractivity contribution < 1.29 is 18.9 Å². The van der Waals surface area contributed by atoms with Gasteiger partial charge in [-0.25, -0.2) is 0 Å². The number of anilines is 1. The molecule has 0 atom stereocenters. The van der Waals surface area contributed by atoms with Crippen molar-refractivity contribution in [2.75, 3.05) is 39.8 Å². The number of rotatable bonds is 5. The van der Waals surface area contributed by atoms with Crippen LogP contribution >= 0.6 is 0 Å². The highest BCUT2D eigenvalue weighted by atomic mass is 16.5. The highest BCUT2D eigenvalue weighted by molar-refractivity contribution is 5.61. The van der Waals surface area contributed by atoms with E-state index in [2.05, 4.69) is 0 Å². The monoisotopic (exact) mass is 267 g/mol. The Morgan fingerprint density at radius 1 is 1.11 bits per heavy atom. The maximum Gasteiger partial charge on any atom is 0.164 e. The minimum atomic E-state index is 0.529. The van der Waals surface area contributed by atoms with Crippen LogP contribution in [0.5, 0.6) is 17.2 Å². The minimum absolute atomic E-state index is 0.529. The second-order valence-electron chi connectivity index (χ2n) is 4.61. The van der Waals surface area contributed by atoms with Crippen LogP contribution in [-0.4, -0.2) is 34.0 Å². The quantitative estimate of drug-likeness (QED) is 0.828. The van der Waals surface area contributed by atoms with E-state index in [0.29, 0.717) is 35.5 Å². The van der Waals surface area contributed by atoms with E-state index in [9.17, 15) is 0 Å². The van der Waals surface area contributed by atoms with Gasteiger partial charge in [0.1, 0.15) is 5.75 Å². The van der Waals surface area contributed by atoms with Gasteiger partial charge in [-0.2, -0.15) is 0 Å². The third-order valence-corrected chi connectivity index (χ3v) is 3.33. The molecule has 1 fully saturated rings. The molecule has 1 saturated heterocycles. The molecule has 0 saturated carbocycles. The highest BCUT2D eigenvalue weighted by Crippen LogP contribution is 2.36. The molecule has 0 spiro atoms. The van der Waals surface area contributed by atoms with Crippen molar-refractivity contribution in [3.8, 4) is 17.2 Å². The molecule has 5 nitrogen and oxygen atoms in total. The number of ether oxygens (including phenoxy) is 4. The maximum atomic E-state index is 5.95. The van der Waals surface area contributed by atoms with E-state index in [4.69, 9.17) is 24.7 Å². The number of benzene rings is 1. The summed E-state index contributed by atoms with van der Waals surface area (Å²) in [6.45, 7) is 2.29. The molecule has 106 valence electrons. The number of hydrogen-bond acceptors (Lipinski definition) is 5. The van der Waals surface area contributed by atoms with Crippen LogP contribution in [0.3, 0.4) is 0 Å². The molecule has 1 aromatic rings. The van der Waals surface area contributed by atoms with Gasteiger partial charge in [0, 0.05) is 25.3 Å². The summed E-state index contributed by atoms with van der Waals surface area (Å²) >= 11 is 0. The molecule has 0 radical (unpaired) electrons. The summed E-state index contributed by atoms with van der Waals surface area (Å²) in [5.41, 5.74) is 6.51. The van der Waals surface area contributed by atoms with Crippen LogP contribution in [-0.2, 0) is 4.74 Å². The Kier molecular flexibility index (Phi) is 4.74. The van der Waals surface area contributed by atoms with Gasteiger partial charge >= 0.3 is 0 Å². The average molecular weight is 267 g/mol. The van der Waals surface area contributed by atoms with E-state index in [0.717, 1.165) is 26.1 Å². The Morgan fingerprint density at radius 2 is 1.74 bits per heavy atom. The Morgan fingerprint density at radius 3 is 2.37 bits per heavy atom. The molecule has 0 aliphatic carbocycles. The Balaban J connectivity index is 2.02. The Bertz CT molecular complexity index is 416. The lowest BCUT2D eigenvalue weighted by atomic mass is 10.0. The molecule has 1 aliphatic rings. The largest absolute Gasteiger partial charge is 0.493 e. The summed E-state index contributed by atoms with van der Waals surface area (Å²) in [6, 6.07) is 3.49. The second kappa shape index (κ2) is 6.52. The molecule has 2 N–H and O–H groups in total. The first-order valence-electron chi connectivity index (χ1n) is 6.46. The van der Waals surface area contributed by atoms with Gasteiger partial charge < -0.3 is 24.7 Å². The fourth-order valence-electron chi connectivity index (χ4n) is 2.12. The molecule has 2 rings (SSSR count). The van der Waals surface area contributed by atoms with Crippen LogP contribution in [0.25, 0.3) is 0 Å². The molecule has 0 amide bonds. The second-order valence-corrected chi connectivity index (χ2v) is 4.61. The summed E-state index contributed by atoms with van der Waals surface area (Å²) in [5.74, 6) is 2.41. The van der Waals surface area contributed by atoms with Gasteiger partial charge in [-0.05, 0) is 18.8 Å². The summed E-state index contributed by atoms with van der Waals surface area (Å²) in [5, 5.41) is 0. The smallest absolute Gasteiger partial charge is 0.164 e. The standard InChI is InChI=1S/C14H21NO4/c1-16-13-7-11(15)12(8-14(13)17-2)19-9-10-3-5-18-6-4-10/h7-8,10H,3-6,9,15H2,1-2H3. The van der Waals surface area contributed by atoms with Gasteiger partial charge in [0.25, 0.3) is 0 Å². The van der Waals surface area contributed by atoms with Crippen molar-refractivity contribution in [2.24, 2.45) is 5.92 Å². The lowest BCUT2D eigenvalue weighted by Gasteiger charge is -2.22. The number of methoxy groups -OCH3 is 2. The zero-order valence-corrected chi connectivity index (χ0v) is 11.5. The van der Waals surface area contributed by atoms with E-state index < -0.39 is 0 Å². The van der Waals surface area contributed by atoms with Crippen molar-refractivity contribution in [3.05, 3.63) is 12.1 Å². The van der Waals surface area contributed by atoms with Gasteiger partial charge in [-0.15, -0.1) is 0 Å². The van der Waals surface area contributed by atoms with Crippen LogP contribution in [0.15, 0.2) is 12.1 Å². The van der Waals surface area contributed by atoms with E-state index >= 15 is 0 Å². The molecule has 1 heterocycles.